The molecule has 0 aromatic rings. The number of likely N-dealkylation sites (tertiary alicyclic amines) is 1. The summed E-state index contributed by atoms with van der Waals surface area (Å²) in [6.07, 6.45) is 6.60. The number of hydrogen-bond donors (Lipinski definition) is 1. The first-order valence-electron chi connectivity index (χ1n) is 7.63. The van der Waals surface area contributed by atoms with E-state index in [2.05, 4.69) is 11.9 Å². The molecule has 1 atom stereocenters. The van der Waals surface area contributed by atoms with Gasteiger partial charge in [-0.15, -0.1) is 6.58 Å². The molecule has 0 radical (unpaired) electrons. The van der Waals surface area contributed by atoms with Crippen LogP contribution in [0.15, 0.2) is 12.7 Å². The molecule has 2 heterocycles. The average molecular weight is 279 g/mol. The van der Waals surface area contributed by atoms with Crippen LogP contribution >= 0.6 is 0 Å². The summed E-state index contributed by atoms with van der Waals surface area (Å²) in [6.45, 7) is 7.36. The maximum Gasteiger partial charge on any atom is 0.240 e. The minimum Gasteiger partial charge on any atom is -0.343 e. The van der Waals surface area contributed by atoms with Crippen LogP contribution in [-0.2, 0) is 9.59 Å². The van der Waals surface area contributed by atoms with Crippen LogP contribution < -0.4 is 5.32 Å². The molecule has 2 saturated heterocycles. The fraction of sp³-hybridized carbons (Fsp3) is 0.733. The Hall–Kier alpha value is -1.36. The zero-order chi connectivity index (χ0) is 14.4. The Morgan fingerprint density at radius 1 is 1.25 bits per heavy atom. The van der Waals surface area contributed by atoms with Crippen LogP contribution in [0.2, 0.25) is 0 Å². The van der Waals surface area contributed by atoms with E-state index in [1.54, 1.807) is 11.0 Å². The molecule has 0 saturated carbocycles. The minimum atomic E-state index is -0.362. The van der Waals surface area contributed by atoms with Crippen molar-refractivity contribution >= 4 is 11.8 Å². The first kappa shape index (κ1) is 15.0. The van der Waals surface area contributed by atoms with E-state index in [1.165, 1.54) is 12.8 Å². The number of carbonyl (C=O) groups is 2. The molecule has 112 valence electrons. The van der Waals surface area contributed by atoms with Crippen LogP contribution in [0, 0.1) is 0 Å². The van der Waals surface area contributed by atoms with Crippen molar-refractivity contribution in [3.8, 4) is 0 Å². The van der Waals surface area contributed by atoms with Gasteiger partial charge in [0.2, 0.25) is 11.8 Å². The average Bonchev–Trinajstić information content (AvgIpc) is 2.72. The highest BCUT2D eigenvalue weighted by Crippen LogP contribution is 2.13. The quantitative estimate of drug-likeness (QED) is 0.773. The Morgan fingerprint density at radius 3 is 2.60 bits per heavy atom. The van der Waals surface area contributed by atoms with E-state index >= 15 is 0 Å². The van der Waals surface area contributed by atoms with Gasteiger partial charge in [0.25, 0.3) is 0 Å². The Kier molecular flexibility index (Phi) is 5.59. The molecule has 2 amide bonds. The van der Waals surface area contributed by atoms with Crippen LogP contribution in [0.25, 0.3) is 0 Å². The minimum absolute atomic E-state index is 0.0271. The Morgan fingerprint density at radius 2 is 1.95 bits per heavy atom. The first-order chi connectivity index (χ1) is 9.72. The fourth-order valence-electron chi connectivity index (χ4n) is 2.91. The summed E-state index contributed by atoms with van der Waals surface area (Å²) >= 11 is 0. The molecule has 2 fully saturated rings. The summed E-state index contributed by atoms with van der Waals surface area (Å²) in [7, 11) is 0. The number of nitrogens with zero attached hydrogens (tertiary/aromatic N) is 2. The van der Waals surface area contributed by atoms with Crippen LogP contribution in [0.4, 0.5) is 0 Å². The topological polar surface area (TPSA) is 52.7 Å². The standard InChI is InChI=1S/C15H25N3O2/c1-2-8-18-11-7-16-13(15(18)20)12-14(19)17-9-5-3-4-6-10-17/h2,13,16H,1,3-12H2. The molecule has 0 spiro atoms. The van der Waals surface area contributed by atoms with Crippen LogP contribution in [0.3, 0.4) is 0 Å². The maximum absolute atomic E-state index is 12.3. The predicted octanol–water partition coefficient (Wildman–Crippen LogP) is 0.765. The molecule has 2 rings (SSSR count). The van der Waals surface area contributed by atoms with E-state index in [1.807, 2.05) is 4.90 Å². The van der Waals surface area contributed by atoms with Gasteiger partial charge in [0.15, 0.2) is 0 Å². The van der Waals surface area contributed by atoms with Gasteiger partial charge in [-0.05, 0) is 12.8 Å². The van der Waals surface area contributed by atoms with Gasteiger partial charge in [-0.1, -0.05) is 18.9 Å². The van der Waals surface area contributed by atoms with Crippen molar-refractivity contribution in [2.45, 2.75) is 38.1 Å². The molecule has 20 heavy (non-hydrogen) atoms. The molecule has 2 aliphatic heterocycles. The van der Waals surface area contributed by atoms with Crippen LogP contribution in [0.5, 0.6) is 0 Å². The van der Waals surface area contributed by atoms with Crippen molar-refractivity contribution < 1.29 is 9.59 Å². The number of rotatable bonds is 4. The van der Waals surface area contributed by atoms with Crippen molar-refractivity contribution in [3.63, 3.8) is 0 Å². The molecule has 0 aromatic carbocycles. The van der Waals surface area contributed by atoms with Crippen molar-refractivity contribution in [1.29, 1.82) is 0 Å². The van der Waals surface area contributed by atoms with Gasteiger partial charge >= 0.3 is 0 Å². The molecule has 5 heteroatoms. The second-order valence-corrected chi connectivity index (χ2v) is 5.58. The number of carbonyl (C=O) groups excluding carboxylic acids is 2. The van der Waals surface area contributed by atoms with E-state index in [-0.39, 0.29) is 24.3 Å². The summed E-state index contributed by atoms with van der Waals surface area (Å²) in [4.78, 5) is 28.3. The number of piperazine rings is 1. The summed E-state index contributed by atoms with van der Waals surface area (Å²) in [5.41, 5.74) is 0. The lowest BCUT2D eigenvalue weighted by atomic mass is 10.1. The van der Waals surface area contributed by atoms with Gasteiger partial charge in [-0.3, -0.25) is 9.59 Å². The van der Waals surface area contributed by atoms with Gasteiger partial charge in [-0.2, -0.15) is 0 Å². The lowest BCUT2D eigenvalue weighted by Crippen LogP contribution is -2.56. The molecular weight excluding hydrogens is 254 g/mol. The largest absolute Gasteiger partial charge is 0.343 e. The summed E-state index contributed by atoms with van der Waals surface area (Å²) in [6, 6.07) is -0.362. The smallest absolute Gasteiger partial charge is 0.240 e. The highest BCUT2D eigenvalue weighted by Gasteiger charge is 2.30. The highest BCUT2D eigenvalue weighted by atomic mass is 16.2. The summed E-state index contributed by atoms with van der Waals surface area (Å²) in [5, 5.41) is 3.17. The first-order valence-corrected chi connectivity index (χ1v) is 7.63. The van der Waals surface area contributed by atoms with Crippen LogP contribution in [0.1, 0.15) is 32.1 Å². The Labute approximate surface area is 121 Å². The van der Waals surface area contributed by atoms with Crippen molar-refractivity contribution in [2.75, 3.05) is 32.7 Å². The molecule has 5 nitrogen and oxygen atoms in total. The van der Waals surface area contributed by atoms with Crippen molar-refractivity contribution in [2.24, 2.45) is 0 Å². The fourth-order valence-corrected chi connectivity index (χ4v) is 2.91. The van der Waals surface area contributed by atoms with Gasteiger partial charge in [-0.25, -0.2) is 0 Å². The van der Waals surface area contributed by atoms with Crippen molar-refractivity contribution in [1.82, 2.24) is 15.1 Å². The second kappa shape index (κ2) is 7.43. The van der Waals surface area contributed by atoms with E-state index in [4.69, 9.17) is 0 Å². The SMILES string of the molecule is C=CCN1CCNC(CC(=O)N2CCCCCC2)C1=O. The third-order valence-electron chi connectivity index (χ3n) is 4.07. The normalized spacial score (nSPS) is 24.4. The second-order valence-electron chi connectivity index (χ2n) is 5.58. The van der Waals surface area contributed by atoms with E-state index in [9.17, 15) is 9.59 Å². The highest BCUT2D eigenvalue weighted by molar-refractivity contribution is 5.89. The van der Waals surface area contributed by atoms with E-state index in [0.29, 0.717) is 13.1 Å². The molecular formula is C15H25N3O2. The number of nitrogens with one attached hydrogen (secondary N) is 1. The number of amides is 2. The number of hydrogen-bond acceptors (Lipinski definition) is 3. The Balaban J connectivity index is 1.89. The van der Waals surface area contributed by atoms with Crippen LogP contribution in [-0.4, -0.2) is 60.4 Å². The molecule has 0 bridgehead atoms. The Bertz CT molecular complexity index is 362. The van der Waals surface area contributed by atoms with E-state index in [0.717, 1.165) is 32.5 Å². The molecule has 1 unspecified atom stereocenters. The third kappa shape index (κ3) is 3.82. The zero-order valence-corrected chi connectivity index (χ0v) is 12.1. The monoisotopic (exact) mass is 279 g/mol. The molecule has 0 aromatic heterocycles. The lowest BCUT2D eigenvalue weighted by Gasteiger charge is -2.33. The molecule has 0 aliphatic carbocycles. The predicted molar refractivity (Wildman–Crippen MR) is 78.2 cm³/mol. The lowest BCUT2D eigenvalue weighted by molar-refractivity contribution is -0.140. The third-order valence-corrected chi connectivity index (χ3v) is 4.07. The summed E-state index contributed by atoms with van der Waals surface area (Å²) < 4.78 is 0. The molecule has 2 aliphatic rings. The van der Waals surface area contributed by atoms with Gasteiger partial charge in [0, 0.05) is 32.7 Å². The van der Waals surface area contributed by atoms with Gasteiger partial charge in [0.1, 0.15) is 0 Å². The zero-order valence-electron chi connectivity index (χ0n) is 12.1. The maximum atomic E-state index is 12.3. The van der Waals surface area contributed by atoms with Crippen molar-refractivity contribution in [3.05, 3.63) is 12.7 Å². The van der Waals surface area contributed by atoms with Gasteiger partial charge in [0.05, 0.1) is 12.5 Å². The molecule has 1 N–H and O–H groups in total. The summed E-state index contributed by atoms with van der Waals surface area (Å²) in [5.74, 6) is 0.137. The van der Waals surface area contributed by atoms with Gasteiger partial charge < -0.3 is 15.1 Å². The van der Waals surface area contributed by atoms with E-state index < -0.39 is 0 Å².